The number of nitrogens with zero attached hydrogens (tertiary/aromatic N) is 1. The van der Waals surface area contributed by atoms with Gasteiger partial charge in [0.05, 0.1) is 20.6 Å². The van der Waals surface area contributed by atoms with Gasteiger partial charge in [0.1, 0.15) is 18.2 Å². The van der Waals surface area contributed by atoms with Crippen molar-refractivity contribution in [3.8, 4) is 5.75 Å². The minimum Gasteiger partial charge on any atom is -0.457 e. The van der Waals surface area contributed by atoms with Crippen molar-refractivity contribution in [1.82, 2.24) is 0 Å². The van der Waals surface area contributed by atoms with Crippen molar-refractivity contribution in [3.63, 3.8) is 0 Å². The summed E-state index contributed by atoms with van der Waals surface area (Å²) in [6.45, 7) is 5.73. The number of unbranched alkanes of at least 4 members (excludes halogenated alkanes) is 8. The number of aryl methyl sites for hydroxylation is 1. The fourth-order valence-electron chi connectivity index (χ4n) is 4.65. The summed E-state index contributed by atoms with van der Waals surface area (Å²) in [5.74, 6) is 0.323. The van der Waals surface area contributed by atoms with Gasteiger partial charge in [0.15, 0.2) is 0 Å². The Labute approximate surface area is 214 Å². The Morgan fingerprint density at radius 1 is 0.800 bits per heavy atom. The van der Waals surface area contributed by atoms with Crippen molar-refractivity contribution in [1.29, 1.82) is 0 Å². The van der Waals surface area contributed by atoms with Gasteiger partial charge in [-0.05, 0) is 37.5 Å². The maximum absolute atomic E-state index is 12.5. The largest absolute Gasteiger partial charge is 0.457 e. The second kappa shape index (κ2) is 16.4. The van der Waals surface area contributed by atoms with E-state index in [0.717, 1.165) is 23.2 Å². The summed E-state index contributed by atoms with van der Waals surface area (Å²) in [4.78, 5) is 12.5. The van der Waals surface area contributed by atoms with Gasteiger partial charge in [0, 0.05) is 5.56 Å². The fraction of sp³-hybridized carbons (Fsp3) is 0.581. The molecule has 0 aliphatic rings. The molecule has 0 N–H and O–H groups in total. The van der Waals surface area contributed by atoms with Crippen molar-refractivity contribution >= 4 is 5.97 Å². The van der Waals surface area contributed by atoms with E-state index in [1.165, 1.54) is 68.9 Å². The van der Waals surface area contributed by atoms with Crippen LogP contribution in [0.2, 0.25) is 0 Å². The molecule has 0 amide bonds. The van der Waals surface area contributed by atoms with Crippen LogP contribution in [0.3, 0.4) is 0 Å². The Kier molecular flexibility index (Phi) is 13.5. The van der Waals surface area contributed by atoms with Gasteiger partial charge >= 0.3 is 5.97 Å². The van der Waals surface area contributed by atoms with Crippen molar-refractivity contribution in [2.24, 2.45) is 5.92 Å². The number of hydrogen-bond donors (Lipinski definition) is 0. The molecule has 4 nitrogen and oxygen atoms in total. The van der Waals surface area contributed by atoms with Crippen LogP contribution in [-0.2, 0) is 22.5 Å². The van der Waals surface area contributed by atoms with Crippen LogP contribution in [0.4, 0.5) is 0 Å². The highest BCUT2D eigenvalue weighted by Crippen LogP contribution is 2.17. The molecule has 0 bridgehead atoms. The second-order valence-corrected chi connectivity index (χ2v) is 10.6. The number of carbonyl (C=O) groups excluding carboxylic acids is 1. The van der Waals surface area contributed by atoms with Gasteiger partial charge in [-0.25, -0.2) is 0 Å². The van der Waals surface area contributed by atoms with E-state index in [1.807, 2.05) is 37.3 Å². The molecule has 2 rings (SSSR count). The Hall–Kier alpha value is -2.33. The van der Waals surface area contributed by atoms with Gasteiger partial charge in [0.25, 0.3) is 0 Å². The minimum absolute atomic E-state index is 0.0487. The smallest absolute Gasteiger partial charge is 0.317 e. The topological polar surface area (TPSA) is 35.5 Å². The molecule has 2 aromatic rings. The predicted molar refractivity (Wildman–Crippen MR) is 145 cm³/mol. The average molecular weight is 483 g/mol. The summed E-state index contributed by atoms with van der Waals surface area (Å²) in [5, 5.41) is 0. The van der Waals surface area contributed by atoms with Crippen LogP contribution in [0, 0.1) is 5.92 Å². The summed E-state index contributed by atoms with van der Waals surface area (Å²) in [6.07, 6.45) is 13.3. The summed E-state index contributed by atoms with van der Waals surface area (Å²) < 4.78 is 11.8. The van der Waals surface area contributed by atoms with Gasteiger partial charge in [-0.3, -0.25) is 4.79 Å². The Morgan fingerprint density at radius 2 is 1.40 bits per heavy atom. The lowest BCUT2D eigenvalue weighted by atomic mass is 10.0. The lowest BCUT2D eigenvalue weighted by Crippen LogP contribution is -2.44. The minimum atomic E-state index is -0.216. The van der Waals surface area contributed by atoms with Crippen LogP contribution in [0.25, 0.3) is 0 Å². The SMILES string of the molecule is CCCCCCCCCCCc1ccc(OCOC(=O)C(C)C[N+](C)(C)Cc2ccccc2)cc1. The van der Waals surface area contributed by atoms with Gasteiger partial charge in [-0.1, -0.05) is 101 Å². The molecule has 0 radical (unpaired) electrons. The molecule has 0 saturated heterocycles. The number of esters is 1. The first kappa shape index (κ1) is 28.9. The van der Waals surface area contributed by atoms with Crippen LogP contribution >= 0.6 is 0 Å². The molecular formula is C31H48NO3+. The zero-order chi connectivity index (χ0) is 25.4. The zero-order valence-electron chi connectivity index (χ0n) is 22.6. The van der Waals surface area contributed by atoms with Crippen molar-refractivity contribution in [3.05, 3.63) is 65.7 Å². The third-order valence-electron chi connectivity index (χ3n) is 6.54. The highest BCUT2D eigenvalue weighted by molar-refractivity contribution is 5.72. The molecule has 0 aliphatic carbocycles. The summed E-state index contributed by atoms with van der Waals surface area (Å²) in [7, 11) is 4.28. The lowest BCUT2D eigenvalue weighted by Gasteiger charge is -2.31. The maximum Gasteiger partial charge on any atom is 0.317 e. The molecular weight excluding hydrogens is 434 g/mol. The number of hydrogen-bond acceptors (Lipinski definition) is 3. The molecule has 0 fully saturated rings. The second-order valence-electron chi connectivity index (χ2n) is 10.6. The van der Waals surface area contributed by atoms with Crippen LogP contribution in [0.5, 0.6) is 5.75 Å². The van der Waals surface area contributed by atoms with Crippen molar-refractivity contribution in [2.75, 3.05) is 27.4 Å². The number of ether oxygens (including phenoxy) is 2. The van der Waals surface area contributed by atoms with Gasteiger partial charge in [0.2, 0.25) is 6.79 Å². The monoisotopic (exact) mass is 482 g/mol. The van der Waals surface area contributed by atoms with E-state index in [4.69, 9.17) is 9.47 Å². The third kappa shape index (κ3) is 12.8. The van der Waals surface area contributed by atoms with Crippen molar-refractivity contribution in [2.45, 2.75) is 84.6 Å². The average Bonchev–Trinajstić information content (AvgIpc) is 2.84. The normalized spacial score (nSPS) is 12.3. The van der Waals surface area contributed by atoms with Crippen molar-refractivity contribution < 1.29 is 18.8 Å². The van der Waals surface area contributed by atoms with E-state index in [0.29, 0.717) is 6.54 Å². The lowest BCUT2D eigenvalue weighted by molar-refractivity contribution is -0.905. The molecule has 0 aliphatic heterocycles. The van der Waals surface area contributed by atoms with Crippen LogP contribution in [0.1, 0.15) is 82.8 Å². The maximum atomic E-state index is 12.5. The molecule has 2 aromatic carbocycles. The molecule has 0 heterocycles. The highest BCUT2D eigenvalue weighted by Gasteiger charge is 2.25. The van der Waals surface area contributed by atoms with E-state index in [1.54, 1.807) is 0 Å². The third-order valence-corrected chi connectivity index (χ3v) is 6.54. The van der Waals surface area contributed by atoms with E-state index < -0.39 is 0 Å². The van der Waals surface area contributed by atoms with E-state index >= 15 is 0 Å². The summed E-state index contributed by atoms with van der Waals surface area (Å²) >= 11 is 0. The molecule has 4 heteroatoms. The van der Waals surface area contributed by atoms with Gasteiger partial charge in [-0.15, -0.1) is 0 Å². The summed E-state index contributed by atoms with van der Waals surface area (Å²) in [6, 6.07) is 18.6. The number of carbonyl (C=O) groups is 1. The highest BCUT2D eigenvalue weighted by atomic mass is 16.7. The van der Waals surface area contributed by atoms with Crippen LogP contribution < -0.4 is 4.74 Å². The summed E-state index contributed by atoms with van der Waals surface area (Å²) in [5.41, 5.74) is 2.60. The molecule has 1 unspecified atom stereocenters. The predicted octanol–water partition coefficient (Wildman–Crippen LogP) is 7.55. The van der Waals surface area contributed by atoms with Crippen LogP contribution in [-0.4, -0.2) is 37.9 Å². The Bertz CT molecular complexity index is 817. The Balaban J connectivity index is 1.59. The van der Waals surface area contributed by atoms with E-state index in [2.05, 4.69) is 45.3 Å². The molecule has 35 heavy (non-hydrogen) atoms. The number of quaternary nitrogens is 1. The molecule has 0 saturated carbocycles. The first-order valence-electron chi connectivity index (χ1n) is 13.6. The quantitative estimate of drug-likeness (QED) is 0.0952. The molecule has 0 aromatic heterocycles. The first-order chi connectivity index (χ1) is 16.9. The number of rotatable bonds is 18. The van der Waals surface area contributed by atoms with E-state index in [9.17, 15) is 4.79 Å². The molecule has 194 valence electrons. The van der Waals surface area contributed by atoms with Crippen LogP contribution in [0.15, 0.2) is 54.6 Å². The standard InChI is InChI=1S/C31H48NO3/c1-5-6-7-8-9-10-11-12-14-17-28-20-22-30(23-21-28)34-26-35-31(33)27(2)24-32(3,4)25-29-18-15-13-16-19-29/h13,15-16,18-23,27H,5-12,14,17,24-26H2,1-4H3/q+1. The van der Waals surface area contributed by atoms with E-state index in [-0.39, 0.29) is 18.7 Å². The fourth-order valence-corrected chi connectivity index (χ4v) is 4.65. The molecule has 1 atom stereocenters. The van der Waals surface area contributed by atoms with Gasteiger partial charge in [-0.2, -0.15) is 0 Å². The Morgan fingerprint density at radius 3 is 2.03 bits per heavy atom. The number of benzene rings is 2. The van der Waals surface area contributed by atoms with Gasteiger partial charge < -0.3 is 14.0 Å². The first-order valence-corrected chi connectivity index (χ1v) is 13.6. The molecule has 0 spiro atoms. The zero-order valence-corrected chi connectivity index (χ0v) is 22.6.